The Labute approximate surface area is 201 Å². The van der Waals surface area contributed by atoms with Gasteiger partial charge in [-0.2, -0.15) is 0 Å². The van der Waals surface area contributed by atoms with Gasteiger partial charge >= 0.3 is 0 Å². The smallest absolute Gasteiger partial charge is 0.255 e. The molecular weight excluding hydrogens is 452 g/mol. The predicted octanol–water partition coefficient (Wildman–Crippen LogP) is 4.44. The van der Waals surface area contributed by atoms with E-state index >= 15 is 0 Å². The van der Waals surface area contributed by atoms with E-state index in [1.165, 1.54) is 0 Å². The van der Waals surface area contributed by atoms with Crippen LogP contribution in [0.1, 0.15) is 17.0 Å². The molecule has 2 aromatic carbocycles. The molecule has 8 heteroatoms. The van der Waals surface area contributed by atoms with E-state index in [-0.39, 0.29) is 12.4 Å². The van der Waals surface area contributed by atoms with Gasteiger partial charge in [-0.25, -0.2) is 4.98 Å². The van der Waals surface area contributed by atoms with Crippen molar-refractivity contribution in [3.63, 3.8) is 0 Å². The molecule has 34 heavy (non-hydrogen) atoms. The number of nitrogens with zero attached hydrogens (tertiary/aromatic N) is 3. The van der Waals surface area contributed by atoms with E-state index in [9.17, 15) is 4.79 Å². The maximum atomic E-state index is 12.9. The minimum absolute atomic E-state index is 0.0956. The molecule has 2 aliphatic rings. The van der Waals surface area contributed by atoms with Gasteiger partial charge in [0.25, 0.3) is 5.56 Å². The first-order valence-corrected chi connectivity index (χ1v) is 11.5. The third-order valence-electron chi connectivity index (χ3n) is 6.13. The highest BCUT2D eigenvalue weighted by molar-refractivity contribution is 6.30. The van der Waals surface area contributed by atoms with E-state index in [1.807, 2.05) is 48.5 Å². The van der Waals surface area contributed by atoms with Crippen LogP contribution in [0.4, 0.5) is 0 Å². The fraction of sp³-hybridized carbons (Fsp3) is 0.192. The lowest BCUT2D eigenvalue weighted by Gasteiger charge is -2.27. The van der Waals surface area contributed by atoms with Gasteiger partial charge in [-0.15, -0.1) is 0 Å². The van der Waals surface area contributed by atoms with Gasteiger partial charge in [-0.1, -0.05) is 17.7 Å². The molecule has 0 amide bonds. The molecule has 4 aromatic rings. The Morgan fingerprint density at radius 1 is 0.971 bits per heavy atom. The van der Waals surface area contributed by atoms with E-state index in [1.54, 1.807) is 12.1 Å². The maximum Gasteiger partial charge on any atom is 0.255 e. The number of ether oxygens (including phenoxy) is 2. The van der Waals surface area contributed by atoms with Crippen LogP contribution < -0.4 is 15.0 Å². The van der Waals surface area contributed by atoms with Crippen LogP contribution in [0.15, 0.2) is 65.5 Å². The highest BCUT2D eigenvalue weighted by atomic mass is 35.5. The summed E-state index contributed by atoms with van der Waals surface area (Å²) in [7, 11) is 0. The maximum absolute atomic E-state index is 12.9. The number of nitrogens with one attached hydrogen (secondary N) is 1. The van der Waals surface area contributed by atoms with Crippen LogP contribution in [0.25, 0.3) is 22.6 Å². The molecular formula is C26H21ClN4O3. The van der Waals surface area contributed by atoms with Gasteiger partial charge in [0.05, 0.1) is 22.6 Å². The van der Waals surface area contributed by atoms with Gasteiger partial charge in [0.2, 0.25) is 6.79 Å². The fourth-order valence-corrected chi connectivity index (χ4v) is 4.50. The molecule has 0 unspecified atom stereocenters. The zero-order valence-electron chi connectivity index (χ0n) is 18.3. The summed E-state index contributed by atoms with van der Waals surface area (Å²) in [4.78, 5) is 27.6. The van der Waals surface area contributed by atoms with E-state index in [0.29, 0.717) is 30.4 Å². The molecule has 0 fully saturated rings. The van der Waals surface area contributed by atoms with Crippen molar-refractivity contribution in [2.75, 3.05) is 13.3 Å². The van der Waals surface area contributed by atoms with Crippen molar-refractivity contribution in [1.82, 2.24) is 19.9 Å². The molecule has 0 aliphatic carbocycles. The molecule has 7 nitrogen and oxygen atoms in total. The number of H-pyrrole nitrogens is 1. The molecule has 0 saturated heterocycles. The number of aromatic nitrogens is 3. The first-order valence-electron chi connectivity index (χ1n) is 11.1. The van der Waals surface area contributed by atoms with Crippen molar-refractivity contribution in [1.29, 1.82) is 0 Å². The second kappa shape index (κ2) is 8.59. The Kier molecular flexibility index (Phi) is 5.28. The number of pyridine rings is 1. The van der Waals surface area contributed by atoms with Crippen molar-refractivity contribution in [2.24, 2.45) is 0 Å². The Balaban J connectivity index is 1.21. The summed E-state index contributed by atoms with van der Waals surface area (Å²) in [5, 5.41) is 0.649. The van der Waals surface area contributed by atoms with Crippen LogP contribution in [-0.2, 0) is 19.5 Å². The molecule has 0 spiro atoms. The Bertz CT molecular complexity index is 1440. The molecule has 2 aliphatic heterocycles. The molecule has 6 rings (SSSR count). The van der Waals surface area contributed by atoms with E-state index in [2.05, 4.69) is 9.88 Å². The normalized spacial score (nSPS) is 14.7. The lowest BCUT2D eigenvalue weighted by molar-refractivity contribution is 0.174. The van der Waals surface area contributed by atoms with Gasteiger partial charge in [0.15, 0.2) is 11.5 Å². The van der Waals surface area contributed by atoms with Crippen molar-refractivity contribution in [3.8, 4) is 34.1 Å². The zero-order chi connectivity index (χ0) is 23.1. The van der Waals surface area contributed by atoms with Gasteiger partial charge in [-0.05, 0) is 54.6 Å². The fourth-order valence-electron chi connectivity index (χ4n) is 4.37. The SMILES string of the molecule is O=c1[nH]c(-c2ccc(Cl)cc2)nc2c1CN(Cc1cccc(-c3ccc4c(c3)OCO4)n1)CC2. The number of hydrogen-bond donors (Lipinski definition) is 1. The van der Waals surface area contributed by atoms with Crippen molar-refractivity contribution in [2.45, 2.75) is 19.5 Å². The average molecular weight is 473 g/mol. The molecule has 0 atom stereocenters. The third-order valence-corrected chi connectivity index (χ3v) is 6.38. The summed E-state index contributed by atoms with van der Waals surface area (Å²) in [6, 6.07) is 19.2. The summed E-state index contributed by atoms with van der Waals surface area (Å²) >= 11 is 5.98. The average Bonchev–Trinajstić information content (AvgIpc) is 3.33. The number of benzene rings is 2. The minimum Gasteiger partial charge on any atom is -0.454 e. The van der Waals surface area contributed by atoms with Crippen LogP contribution in [0.3, 0.4) is 0 Å². The monoisotopic (exact) mass is 472 g/mol. The summed E-state index contributed by atoms with van der Waals surface area (Å²) < 4.78 is 10.9. The molecule has 0 radical (unpaired) electrons. The number of halogens is 1. The summed E-state index contributed by atoms with van der Waals surface area (Å²) in [6.45, 7) is 2.24. The summed E-state index contributed by atoms with van der Waals surface area (Å²) in [5.74, 6) is 2.07. The van der Waals surface area contributed by atoms with Crippen LogP contribution in [0.5, 0.6) is 11.5 Å². The Morgan fingerprint density at radius 3 is 2.68 bits per heavy atom. The van der Waals surface area contributed by atoms with Crippen molar-refractivity contribution in [3.05, 3.63) is 93.0 Å². The highest BCUT2D eigenvalue weighted by Crippen LogP contribution is 2.35. The van der Waals surface area contributed by atoms with Gasteiger partial charge in [-0.3, -0.25) is 14.7 Å². The number of aromatic amines is 1. The van der Waals surface area contributed by atoms with Crippen LogP contribution >= 0.6 is 11.6 Å². The van der Waals surface area contributed by atoms with Gasteiger partial charge in [0.1, 0.15) is 5.82 Å². The van der Waals surface area contributed by atoms with Crippen molar-refractivity contribution >= 4 is 11.6 Å². The summed E-state index contributed by atoms with van der Waals surface area (Å²) in [6.07, 6.45) is 0.710. The Morgan fingerprint density at radius 2 is 1.79 bits per heavy atom. The van der Waals surface area contributed by atoms with Gasteiger partial charge < -0.3 is 14.5 Å². The molecule has 0 saturated carbocycles. The third kappa shape index (κ3) is 4.04. The van der Waals surface area contributed by atoms with Crippen LogP contribution in [0, 0.1) is 0 Å². The highest BCUT2D eigenvalue weighted by Gasteiger charge is 2.22. The van der Waals surface area contributed by atoms with Crippen LogP contribution in [0.2, 0.25) is 5.02 Å². The second-order valence-electron chi connectivity index (χ2n) is 8.39. The summed E-state index contributed by atoms with van der Waals surface area (Å²) in [5.41, 5.74) is 5.12. The molecule has 1 N–H and O–H groups in total. The van der Waals surface area contributed by atoms with Gasteiger partial charge in [0, 0.05) is 42.2 Å². The van der Waals surface area contributed by atoms with Crippen LogP contribution in [-0.4, -0.2) is 33.2 Å². The predicted molar refractivity (Wildman–Crippen MR) is 129 cm³/mol. The largest absolute Gasteiger partial charge is 0.454 e. The first kappa shape index (κ1) is 20.9. The van der Waals surface area contributed by atoms with Crippen molar-refractivity contribution < 1.29 is 9.47 Å². The number of fused-ring (bicyclic) bond motifs is 2. The van der Waals surface area contributed by atoms with E-state index < -0.39 is 0 Å². The standard InChI is InChI=1S/C26H21ClN4O3/c27-18-7-4-16(5-8-18)25-29-22-10-11-31(14-20(22)26(32)30-25)13-19-2-1-3-21(28-19)17-6-9-23-24(12-17)34-15-33-23/h1-9,12H,10-11,13-15H2,(H,29,30,32). The van der Waals surface area contributed by atoms with E-state index in [0.717, 1.165) is 51.8 Å². The zero-order valence-corrected chi connectivity index (χ0v) is 19.0. The minimum atomic E-state index is -0.0956. The number of rotatable bonds is 4. The molecule has 2 aromatic heterocycles. The Hall–Kier alpha value is -3.68. The molecule has 4 heterocycles. The molecule has 170 valence electrons. The lowest BCUT2D eigenvalue weighted by atomic mass is 10.1. The van der Waals surface area contributed by atoms with E-state index in [4.69, 9.17) is 31.0 Å². The lowest BCUT2D eigenvalue weighted by Crippen LogP contribution is -2.35. The second-order valence-corrected chi connectivity index (χ2v) is 8.83. The number of hydrogen-bond acceptors (Lipinski definition) is 6. The molecule has 0 bridgehead atoms. The first-order chi connectivity index (χ1) is 16.6. The topological polar surface area (TPSA) is 80.3 Å². The quantitative estimate of drug-likeness (QED) is 0.473.